The van der Waals surface area contributed by atoms with Crippen LogP contribution in [0.4, 0.5) is 0 Å². The molecule has 1 amide bonds. The van der Waals surface area contributed by atoms with Gasteiger partial charge in [0, 0.05) is 17.5 Å². The lowest BCUT2D eigenvalue weighted by molar-refractivity contribution is -0.132. The molecule has 0 unspecified atom stereocenters. The average Bonchev–Trinajstić information content (AvgIpc) is 2.55. The normalized spacial score (nSPS) is 26.6. The molecule has 1 spiro atoms. The molecule has 1 aromatic rings. The van der Waals surface area contributed by atoms with Crippen molar-refractivity contribution in [2.45, 2.75) is 25.2 Å². The van der Waals surface area contributed by atoms with Gasteiger partial charge in [0.2, 0.25) is 5.91 Å². The number of nitrogens with one attached hydrogen (secondary N) is 1. The van der Waals surface area contributed by atoms with Crippen molar-refractivity contribution >= 4 is 17.5 Å². The number of benzene rings is 1. The summed E-state index contributed by atoms with van der Waals surface area (Å²) < 4.78 is 0. The third-order valence-electron chi connectivity index (χ3n) is 4.08. The molecule has 2 fully saturated rings. The number of hydrogen-bond donors (Lipinski definition) is 1. The first-order chi connectivity index (χ1) is 7.72. The summed E-state index contributed by atoms with van der Waals surface area (Å²) >= 11 is 6.01. The van der Waals surface area contributed by atoms with Gasteiger partial charge in [-0.25, -0.2) is 0 Å². The van der Waals surface area contributed by atoms with Gasteiger partial charge in [-0.05, 0) is 30.5 Å². The van der Waals surface area contributed by atoms with E-state index in [9.17, 15) is 4.79 Å². The van der Waals surface area contributed by atoms with Crippen molar-refractivity contribution in [3.8, 4) is 0 Å². The molecule has 3 heteroatoms. The molecular weight excluding hydrogens is 222 g/mol. The molecule has 1 aliphatic heterocycles. The third-order valence-corrected chi connectivity index (χ3v) is 4.32. The van der Waals surface area contributed by atoms with Crippen molar-refractivity contribution in [1.29, 1.82) is 0 Å². The lowest BCUT2D eigenvalue weighted by atomic mass is 9.61. The van der Waals surface area contributed by atoms with Crippen LogP contribution in [0.2, 0.25) is 5.02 Å². The van der Waals surface area contributed by atoms with Crippen LogP contribution in [0.25, 0.3) is 0 Å². The lowest BCUT2D eigenvalue weighted by Crippen LogP contribution is -2.40. The first-order valence-corrected chi connectivity index (χ1v) is 6.14. The van der Waals surface area contributed by atoms with Crippen LogP contribution in [0.15, 0.2) is 24.3 Å². The van der Waals surface area contributed by atoms with E-state index in [1.54, 1.807) is 0 Å². The fourth-order valence-electron chi connectivity index (χ4n) is 3.02. The minimum atomic E-state index is -0.120. The molecule has 1 saturated heterocycles. The molecule has 3 rings (SSSR count). The molecule has 0 radical (unpaired) electrons. The predicted molar refractivity (Wildman–Crippen MR) is 63.5 cm³/mol. The van der Waals surface area contributed by atoms with Crippen molar-refractivity contribution < 1.29 is 4.79 Å². The lowest BCUT2D eigenvalue weighted by Gasteiger charge is -2.40. The second-order valence-corrected chi connectivity index (χ2v) is 5.26. The maximum absolute atomic E-state index is 11.9. The van der Waals surface area contributed by atoms with Crippen LogP contribution in [0.3, 0.4) is 0 Å². The SMILES string of the molecule is O=C1NC[C@@H](c2cccc(Cl)c2)C12CCC2. The number of carbonyl (C=O) groups excluding carboxylic acids is 1. The molecule has 1 heterocycles. The molecule has 1 atom stereocenters. The van der Waals surface area contributed by atoms with Crippen molar-refractivity contribution in [3.63, 3.8) is 0 Å². The second kappa shape index (κ2) is 3.49. The highest BCUT2D eigenvalue weighted by Gasteiger charge is 2.54. The Hall–Kier alpha value is -1.02. The molecule has 0 bridgehead atoms. The zero-order chi connectivity index (χ0) is 11.2. The summed E-state index contributed by atoms with van der Waals surface area (Å²) in [6.45, 7) is 0.763. The summed E-state index contributed by atoms with van der Waals surface area (Å²) in [5, 5.41) is 3.75. The van der Waals surface area contributed by atoms with Gasteiger partial charge in [0.05, 0.1) is 5.41 Å². The molecule has 1 aromatic carbocycles. The summed E-state index contributed by atoms with van der Waals surface area (Å²) in [6, 6.07) is 7.92. The van der Waals surface area contributed by atoms with Crippen LogP contribution in [-0.4, -0.2) is 12.5 Å². The molecule has 1 saturated carbocycles. The highest BCUT2D eigenvalue weighted by molar-refractivity contribution is 6.30. The van der Waals surface area contributed by atoms with Crippen LogP contribution < -0.4 is 5.32 Å². The number of carbonyl (C=O) groups is 1. The summed E-state index contributed by atoms with van der Waals surface area (Å²) in [6.07, 6.45) is 3.22. The third kappa shape index (κ3) is 1.29. The van der Waals surface area contributed by atoms with E-state index >= 15 is 0 Å². The Bertz CT molecular complexity index is 439. The van der Waals surface area contributed by atoms with Gasteiger partial charge in [0.25, 0.3) is 0 Å². The molecule has 1 N–H and O–H groups in total. The van der Waals surface area contributed by atoms with Gasteiger partial charge in [-0.15, -0.1) is 0 Å². The molecule has 16 heavy (non-hydrogen) atoms. The van der Waals surface area contributed by atoms with Crippen LogP contribution in [0.5, 0.6) is 0 Å². The zero-order valence-corrected chi connectivity index (χ0v) is 9.76. The summed E-state index contributed by atoms with van der Waals surface area (Å²) in [5.41, 5.74) is 1.08. The van der Waals surface area contributed by atoms with E-state index in [0.29, 0.717) is 5.92 Å². The smallest absolute Gasteiger partial charge is 0.226 e. The van der Waals surface area contributed by atoms with E-state index in [4.69, 9.17) is 11.6 Å². The van der Waals surface area contributed by atoms with Gasteiger partial charge in [-0.1, -0.05) is 30.2 Å². The largest absolute Gasteiger partial charge is 0.355 e. The van der Waals surface area contributed by atoms with Gasteiger partial charge in [0.1, 0.15) is 0 Å². The monoisotopic (exact) mass is 235 g/mol. The number of rotatable bonds is 1. The number of halogens is 1. The highest BCUT2D eigenvalue weighted by Crippen LogP contribution is 2.54. The quantitative estimate of drug-likeness (QED) is 0.797. The predicted octanol–water partition coefficient (Wildman–Crippen LogP) is 2.72. The van der Waals surface area contributed by atoms with Crippen molar-refractivity contribution in [3.05, 3.63) is 34.9 Å². The maximum Gasteiger partial charge on any atom is 0.226 e. The molecule has 2 aliphatic rings. The topological polar surface area (TPSA) is 29.1 Å². The highest BCUT2D eigenvalue weighted by atomic mass is 35.5. The van der Waals surface area contributed by atoms with E-state index in [0.717, 1.165) is 24.4 Å². The summed E-state index contributed by atoms with van der Waals surface area (Å²) in [7, 11) is 0. The van der Waals surface area contributed by atoms with Gasteiger partial charge in [-0.3, -0.25) is 4.79 Å². The molecule has 2 nitrogen and oxygen atoms in total. The minimum Gasteiger partial charge on any atom is -0.355 e. The molecular formula is C13H14ClNO. The van der Waals surface area contributed by atoms with E-state index in [1.807, 2.05) is 18.2 Å². The Labute approximate surface area is 100.0 Å². The fraction of sp³-hybridized carbons (Fsp3) is 0.462. The Morgan fingerprint density at radius 3 is 2.81 bits per heavy atom. The fourth-order valence-corrected chi connectivity index (χ4v) is 3.22. The van der Waals surface area contributed by atoms with Crippen LogP contribution in [0, 0.1) is 5.41 Å². The maximum atomic E-state index is 11.9. The number of amides is 1. The Balaban J connectivity index is 1.98. The first kappa shape index (κ1) is 10.2. The molecule has 84 valence electrons. The van der Waals surface area contributed by atoms with Gasteiger partial charge < -0.3 is 5.32 Å². The van der Waals surface area contributed by atoms with Crippen LogP contribution >= 0.6 is 11.6 Å². The van der Waals surface area contributed by atoms with Gasteiger partial charge >= 0.3 is 0 Å². The van der Waals surface area contributed by atoms with E-state index < -0.39 is 0 Å². The summed E-state index contributed by atoms with van der Waals surface area (Å²) in [5.74, 6) is 0.552. The molecule has 1 aliphatic carbocycles. The molecule has 0 aromatic heterocycles. The van der Waals surface area contributed by atoms with E-state index in [1.165, 1.54) is 12.0 Å². The van der Waals surface area contributed by atoms with Crippen molar-refractivity contribution in [1.82, 2.24) is 5.32 Å². The Morgan fingerprint density at radius 1 is 1.38 bits per heavy atom. The number of hydrogen-bond acceptors (Lipinski definition) is 1. The van der Waals surface area contributed by atoms with Crippen LogP contribution in [-0.2, 0) is 4.79 Å². The van der Waals surface area contributed by atoms with Gasteiger partial charge in [-0.2, -0.15) is 0 Å². The van der Waals surface area contributed by atoms with Gasteiger partial charge in [0.15, 0.2) is 0 Å². The first-order valence-electron chi connectivity index (χ1n) is 5.76. The van der Waals surface area contributed by atoms with E-state index in [2.05, 4.69) is 11.4 Å². The zero-order valence-electron chi connectivity index (χ0n) is 9.00. The minimum absolute atomic E-state index is 0.120. The average molecular weight is 236 g/mol. The standard InChI is InChI=1S/C13H14ClNO/c14-10-4-1-3-9(7-10)11-8-15-12(16)13(11)5-2-6-13/h1,3-4,7,11H,2,5-6,8H2,(H,15,16)/t11-/m0/s1. The summed E-state index contributed by atoms with van der Waals surface area (Å²) in [4.78, 5) is 11.9. The van der Waals surface area contributed by atoms with E-state index in [-0.39, 0.29) is 11.3 Å². The second-order valence-electron chi connectivity index (χ2n) is 4.83. The van der Waals surface area contributed by atoms with Crippen molar-refractivity contribution in [2.24, 2.45) is 5.41 Å². The van der Waals surface area contributed by atoms with Crippen LogP contribution in [0.1, 0.15) is 30.7 Å². The van der Waals surface area contributed by atoms with Crippen molar-refractivity contribution in [2.75, 3.05) is 6.54 Å². The Morgan fingerprint density at radius 2 is 2.19 bits per heavy atom. The Kier molecular flexibility index (Phi) is 2.21.